The van der Waals surface area contributed by atoms with Crippen LogP contribution < -0.4 is 0 Å². The third-order valence-electron chi connectivity index (χ3n) is 4.79. The van der Waals surface area contributed by atoms with Gasteiger partial charge in [-0.3, -0.25) is 0 Å². The summed E-state index contributed by atoms with van der Waals surface area (Å²) < 4.78 is 0. The Hall–Kier alpha value is 0. The monoisotopic (exact) mass is 166 g/mol. The van der Waals surface area contributed by atoms with Crippen molar-refractivity contribution in [3.05, 3.63) is 0 Å². The molecule has 0 nitrogen and oxygen atoms in total. The fourth-order valence-corrected chi connectivity index (χ4v) is 3.39. The fraction of sp³-hybridized carbons (Fsp3) is 1.00. The van der Waals surface area contributed by atoms with Gasteiger partial charge in [0.15, 0.2) is 0 Å². The third-order valence-corrected chi connectivity index (χ3v) is 4.79. The molecule has 2 rings (SSSR count). The number of fused-ring (bicyclic) bond motifs is 2. The Morgan fingerprint density at radius 2 is 1.83 bits per heavy atom. The summed E-state index contributed by atoms with van der Waals surface area (Å²) in [5.74, 6) is 3.09. The zero-order chi connectivity index (χ0) is 8.77. The Kier molecular flexibility index (Phi) is 1.97. The van der Waals surface area contributed by atoms with E-state index in [9.17, 15) is 0 Å². The van der Waals surface area contributed by atoms with Crippen LogP contribution in [0.5, 0.6) is 0 Å². The topological polar surface area (TPSA) is 0 Å². The first kappa shape index (κ1) is 8.59. The van der Waals surface area contributed by atoms with Crippen LogP contribution in [0.3, 0.4) is 0 Å². The van der Waals surface area contributed by atoms with Crippen LogP contribution in [0.25, 0.3) is 0 Å². The summed E-state index contributed by atoms with van der Waals surface area (Å²) in [5.41, 5.74) is 0.636. The first-order valence-electron chi connectivity index (χ1n) is 5.60. The molecule has 2 saturated carbocycles. The molecule has 0 heterocycles. The van der Waals surface area contributed by atoms with E-state index in [1.807, 2.05) is 0 Å². The van der Waals surface area contributed by atoms with E-state index in [1.54, 1.807) is 0 Å². The Balaban J connectivity index is 2.16. The van der Waals surface area contributed by atoms with Gasteiger partial charge >= 0.3 is 0 Å². The van der Waals surface area contributed by atoms with Gasteiger partial charge in [0, 0.05) is 0 Å². The van der Waals surface area contributed by atoms with Gasteiger partial charge in [-0.2, -0.15) is 0 Å². The molecule has 2 bridgehead atoms. The van der Waals surface area contributed by atoms with Crippen molar-refractivity contribution in [1.29, 1.82) is 0 Å². The Labute approximate surface area is 76.7 Å². The maximum atomic E-state index is 2.49. The second-order valence-electron chi connectivity index (χ2n) is 5.69. The van der Waals surface area contributed by atoms with Crippen LogP contribution in [0.4, 0.5) is 0 Å². The zero-order valence-corrected chi connectivity index (χ0v) is 8.77. The van der Waals surface area contributed by atoms with Crippen molar-refractivity contribution in [2.24, 2.45) is 23.2 Å². The van der Waals surface area contributed by atoms with Crippen LogP contribution in [0.1, 0.15) is 52.9 Å². The largest absolute Gasteiger partial charge is 0.0620 e. The Morgan fingerprint density at radius 3 is 2.58 bits per heavy atom. The average Bonchev–Trinajstić information content (AvgIpc) is 2.03. The lowest BCUT2D eigenvalue weighted by Gasteiger charge is -2.50. The van der Waals surface area contributed by atoms with Gasteiger partial charge in [0.1, 0.15) is 0 Å². The highest BCUT2D eigenvalue weighted by Crippen LogP contribution is 2.52. The number of hydrogen-bond acceptors (Lipinski definition) is 0. The molecular weight excluding hydrogens is 144 g/mol. The second-order valence-corrected chi connectivity index (χ2v) is 5.69. The Morgan fingerprint density at radius 1 is 1.08 bits per heavy atom. The molecule has 2 fully saturated rings. The van der Waals surface area contributed by atoms with Crippen LogP contribution in [-0.2, 0) is 0 Å². The SMILES string of the molecule is CC1CC2CCCC(C2)C1(C)C. The molecule has 0 aliphatic heterocycles. The molecule has 2 aliphatic rings. The van der Waals surface area contributed by atoms with Crippen LogP contribution in [-0.4, -0.2) is 0 Å². The quantitative estimate of drug-likeness (QED) is 0.512. The molecular formula is C12H22. The lowest BCUT2D eigenvalue weighted by Crippen LogP contribution is -2.40. The van der Waals surface area contributed by atoms with Gasteiger partial charge in [-0.25, -0.2) is 0 Å². The summed E-state index contributed by atoms with van der Waals surface area (Å²) >= 11 is 0. The summed E-state index contributed by atoms with van der Waals surface area (Å²) in [6.07, 6.45) is 7.58. The van der Waals surface area contributed by atoms with Crippen LogP contribution >= 0.6 is 0 Å². The summed E-state index contributed by atoms with van der Waals surface area (Å²) in [7, 11) is 0. The summed E-state index contributed by atoms with van der Waals surface area (Å²) in [6.45, 7) is 7.44. The maximum Gasteiger partial charge on any atom is -0.0300 e. The van der Waals surface area contributed by atoms with Crippen molar-refractivity contribution in [2.75, 3.05) is 0 Å². The van der Waals surface area contributed by atoms with E-state index in [1.165, 1.54) is 32.1 Å². The van der Waals surface area contributed by atoms with Crippen LogP contribution in [0, 0.1) is 23.2 Å². The predicted molar refractivity (Wildman–Crippen MR) is 53.0 cm³/mol. The van der Waals surface area contributed by atoms with Gasteiger partial charge in [-0.1, -0.05) is 33.6 Å². The zero-order valence-electron chi connectivity index (χ0n) is 8.77. The molecule has 2 aliphatic carbocycles. The smallest absolute Gasteiger partial charge is 0.0300 e. The highest BCUT2D eigenvalue weighted by Gasteiger charge is 2.42. The van der Waals surface area contributed by atoms with E-state index in [2.05, 4.69) is 20.8 Å². The van der Waals surface area contributed by atoms with Crippen molar-refractivity contribution in [3.8, 4) is 0 Å². The molecule has 0 saturated heterocycles. The van der Waals surface area contributed by atoms with Crippen LogP contribution in [0.15, 0.2) is 0 Å². The Bertz CT molecular complexity index is 167. The molecule has 0 aromatic heterocycles. The average molecular weight is 166 g/mol. The summed E-state index contributed by atoms with van der Waals surface area (Å²) in [4.78, 5) is 0. The molecule has 0 N–H and O–H groups in total. The van der Waals surface area contributed by atoms with Crippen molar-refractivity contribution < 1.29 is 0 Å². The number of hydrogen-bond donors (Lipinski definition) is 0. The van der Waals surface area contributed by atoms with Crippen LogP contribution in [0.2, 0.25) is 0 Å². The molecule has 3 unspecified atom stereocenters. The van der Waals surface area contributed by atoms with Gasteiger partial charge in [0.2, 0.25) is 0 Å². The van der Waals surface area contributed by atoms with E-state index in [4.69, 9.17) is 0 Å². The predicted octanol–water partition coefficient (Wildman–Crippen LogP) is 3.86. The third kappa shape index (κ3) is 1.20. The van der Waals surface area contributed by atoms with E-state index >= 15 is 0 Å². The van der Waals surface area contributed by atoms with Gasteiger partial charge in [0.05, 0.1) is 0 Å². The van der Waals surface area contributed by atoms with Crippen molar-refractivity contribution in [2.45, 2.75) is 52.9 Å². The minimum atomic E-state index is 0.636. The molecule has 0 aromatic rings. The summed E-state index contributed by atoms with van der Waals surface area (Å²) in [6, 6.07) is 0. The minimum absolute atomic E-state index is 0.636. The first-order chi connectivity index (χ1) is 5.60. The minimum Gasteiger partial charge on any atom is -0.0620 e. The highest BCUT2D eigenvalue weighted by atomic mass is 14.5. The lowest BCUT2D eigenvalue weighted by molar-refractivity contribution is 0.00432. The van der Waals surface area contributed by atoms with E-state index < -0.39 is 0 Å². The maximum absolute atomic E-state index is 2.49. The van der Waals surface area contributed by atoms with Crippen molar-refractivity contribution in [1.82, 2.24) is 0 Å². The molecule has 3 atom stereocenters. The van der Waals surface area contributed by atoms with Gasteiger partial charge in [0.25, 0.3) is 0 Å². The van der Waals surface area contributed by atoms with Crippen molar-refractivity contribution in [3.63, 3.8) is 0 Å². The molecule has 70 valence electrons. The standard InChI is InChI=1S/C12H22/c1-9-7-10-5-4-6-11(8-10)12(9,2)3/h9-11H,4-8H2,1-3H3. The molecule has 0 aromatic carbocycles. The second kappa shape index (κ2) is 2.75. The van der Waals surface area contributed by atoms with Gasteiger partial charge in [-0.05, 0) is 42.4 Å². The van der Waals surface area contributed by atoms with Gasteiger partial charge in [-0.15, -0.1) is 0 Å². The molecule has 12 heavy (non-hydrogen) atoms. The lowest BCUT2D eigenvalue weighted by atomic mass is 9.56. The molecule has 0 spiro atoms. The molecule has 0 heteroatoms. The van der Waals surface area contributed by atoms with E-state index in [0.717, 1.165) is 17.8 Å². The van der Waals surface area contributed by atoms with Crippen molar-refractivity contribution >= 4 is 0 Å². The van der Waals surface area contributed by atoms with E-state index in [0.29, 0.717) is 5.41 Å². The van der Waals surface area contributed by atoms with Gasteiger partial charge < -0.3 is 0 Å². The molecule has 0 amide bonds. The number of rotatable bonds is 0. The summed E-state index contributed by atoms with van der Waals surface area (Å²) in [5, 5.41) is 0. The molecule has 0 radical (unpaired) electrons. The normalized spacial score (nSPS) is 45.8. The first-order valence-corrected chi connectivity index (χ1v) is 5.60. The highest BCUT2D eigenvalue weighted by molar-refractivity contribution is 4.92. The van der Waals surface area contributed by atoms with E-state index in [-0.39, 0.29) is 0 Å². The fourth-order valence-electron chi connectivity index (χ4n) is 3.39.